The lowest BCUT2D eigenvalue weighted by atomic mass is 10.1. The maximum atomic E-state index is 12.4. The summed E-state index contributed by atoms with van der Waals surface area (Å²) in [4.78, 5) is 36.8. The summed E-state index contributed by atoms with van der Waals surface area (Å²) < 4.78 is 4.66. The van der Waals surface area contributed by atoms with Crippen LogP contribution in [0.2, 0.25) is 0 Å². The fourth-order valence-electron chi connectivity index (χ4n) is 3.21. The van der Waals surface area contributed by atoms with E-state index in [4.69, 9.17) is 0 Å². The van der Waals surface area contributed by atoms with Gasteiger partial charge in [0.15, 0.2) is 12.6 Å². The van der Waals surface area contributed by atoms with E-state index in [1.165, 1.54) is 7.11 Å². The molecular formula is C19H22N3O4+. The predicted molar refractivity (Wildman–Crippen MR) is 96.7 cm³/mol. The lowest BCUT2D eigenvalue weighted by Crippen LogP contribution is -3.20. The molecule has 1 aliphatic rings. The van der Waals surface area contributed by atoms with Crippen LogP contribution >= 0.6 is 0 Å². The van der Waals surface area contributed by atoms with Crippen molar-refractivity contribution in [2.45, 2.75) is 12.5 Å². The Morgan fingerprint density at radius 2 is 2.00 bits per heavy atom. The minimum atomic E-state index is -0.612. The minimum absolute atomic E-state index is 0.0408. The number of hydrogen-bond donors (Lipinski definition) is 3. The SMILES string of the molecule is COC(=O)C[C@H]1C(=O)NCC[NH+]1CC(=O)Nc1ccc2ccccc2c1. The first-order valence-corrected chi connectivity index (χ1v) is 8.54. The zero-order valence-electron chi connectivity index (χ0n) is 14.6. The third kappa shape index (κ3) is 4.18. The van der Waals surface area contributed by atoms with Gasteiger partial charge in [-0.1, -0.05) is 30.3 Å². The molecule has 0 radical (unpaired) electrons. The number of hydrogen-bond acceptors (Lipinski definition) is 4. The van der Waals surface area contributed by atoms with Crippen molar-refractivity contribution >= 4 is 34.2 Å². The summed E-state index contributed by atoms with van der Waals surface area (Å²) in [7, 11) is 1.29. The van der Waals surface area contributed by atoms with Crippen molar-refractivity contribution in [3.05, 3.63) is 42.5 Å². The topological polar surface area (TPSA) is 88.9 Å². The minimum Gasteiger partial charge on any atom is -0.469 e. The number of anilines is 1. The Balaban J connectivity index is 1.66. The number of piperazine rings is 1. The first-order chi connectivity index (χ1) is 12.6. The molecule has 0 aliphatic carbocycles. The van der Waals surface area contributed by atoms with Crippen molar-refractivity contribution in [3.8, 4) is 0 Å². The second-order valence-corrected chi connectivity index (χ2v) is 6.32. The number of rotatable bonds is 5. The lowest BCUT2D eigenvalue weighted by molar-refractivity contribution is -0.909. The summed E-state index contributed by atoms with van der Waals surface area (Å²) in [5.74, 6) is -0.880. The van der Waals surface area contributed by atoms with Crippen molar-refractivity contribution in [3.63, 3.8) is 0 Å². The van der Waals surface area contributed by atoms with Crippen LogP contribution in [0.25, 0.3) is 10.8 Å². The van der Waals surface area contributed by atoms with Gasteiger partial charge in [0.05, 0.1) is 20.2 Å². The van der Waals surface area contributed by atoms with Crippen molar-refractivity contribution in [2.75, 3.05) is 32.1 Å². The average molecular weight is 356 g/mol. The Kier molecular flexibility index (Phi) is 5.48. The van der Waals surface area contributed by atoms with Crippen molar-refractivity contribution < 1.29 is 24.0 Å². The number of ether oxygens (including phenoxy) is 1. The molecule has 7 heteroatoms. The largest absolute Gasteiger partial charge is 0.469 e. The second-order valence-electron chi connectivity index (χ2n) is 6.32. The van der Waals surface area contributed by atoms with Gasteiger partial charge in [0, 0.05) is 5.69 Å². The predicted octanol–water partition coefficient (Wildman–Crippen LogP) is -0.275. The highest BCUT2D eigenvalue weighted by molar-refractivity contribution is 5.95. The summed E-state index contributed by atoms with van der Waals surface area (Å²) in [6.07, 6.45) is -0.0408. The molecule has 2 atom stereocenters. The molecular weight excluding hydrogens is 334 g/mol. The number of quaternary nitrogens is 1. The molecule has 3 N–H and O–H groups in total. The number of nitrogens with one attached hydrogen (secondary N) is 3. The quantitative estimate of drug-likeness (QED) is 0.643. The highest BCUT2D eigenvalue weighted by atomic mass is 16.5. The fraction of sp³-hybridized carbons (Fsp3) is 0.316. The van der Waals surface area contributed by atoms with E-state index < -0.39 is 12.0 Å². The average Bonchev–Trinajstić information content (AvgIpc) is 2.64. The molecule has 3 rings (SSSR count). The number of fused-ring (bicyclic) bond motifs is 1. The van der Waals surface area contributed by atoms with E-state index in [1.54, 1.807) is 0 Å². The summed E-state index contributed by atoms with van der Waals surface area (Å²) in [6.45, 7) is 1.18. The monoisotopic (exact) mass is 356 g/mol. The van der Waals surface area contributed by atoms with Gasteiger partial charge in [-0.2, -0.15) is 0 Å². The Labute approximate surface area is 151 Å². The van der Waals surface area contributed by atoms with Crippen LogP contribution in [0.3, 0.4) is 0 Å². The van der Waals surface area contributed by atoms with Gasteiger partial charge in [-0.15, -0.1) is 0 Å². The molecule has 7 nitrogen and oxygen atoms in total. The molecule has 2 aromatic rings. The van der Waals surface area contributed by atoms with E-state index in [-0.39, 0.29) is 24.8 Å². The summed E-state index contributed by atoms with van der Waals surface area (Å²) in [5.41, 5.74) is 0.707. The zero-order valence-corrected chi connectivity index (χ0v) is 14.6. The molecule has 0 aromatic heterocycles. The molecule has 2 amide bonds. The molecule has 1 aliphatic heterocycles. The number of benzene rings is 2. The van der Waals surface area contributed by atoms with Crippen LogP contribution in [0, 0.1) is 0 Å². The molecule has 2 aromatic carbocycles. The van der Waals surface area contributed by atoms with Crippen LogP contribution in [0.1, 0.15) is 6.42 Å². The van der Waals surface area contributed by atoms with E-state index >= 15 is 0 Å². The Hall–Kier alpha value is -2.93. The normalized spacial score (nSPS) is 19.7. The van der Waals surface area contributed by atoms with Gasteiger partial charge in [0.1, 0.15) is 6.42 Å². The highest BCUT2D eigenvalue weighted by Gasteiger charge is 2.36. The summed E-state index contributed by atoms with van der Waals surface area (Å²) in [5, 5.41) is 7.75. The van der Waals surface area contributed by atoms with E-state index in [9.17, 15) is 14.4 Å². The second kappa shape index (κ2) is 7.97. The van der Waals surface area contributed by atoms with Crippen LogP contribution in [-0.2, 0) is 19.1 Å². The standard InChI is InChI=1S/C19H21N3O4/c1-26-18(24)11-16-19(25)20-8-9-22(16)12-17(23)21-15-7-6-13-4-2-3-5-14(13)10-15/h2-7,10,16H,8-9,11-12H2,1H3,(H,20,25)(H,21,23)/p+1/t16-/m0/s1. The van der Waals surface area contributed by atoms with Gasteiger partial charge in [-0.3, -0.25) is 14.4 Å². The van der Waals surface area contributed by atoms with E-state index in [0.717, 1.165) is 15.7 Å². The molecule has 1 saturated heterocycles. The van der Waals surface area contributed by atoms with Crippen molar-refractivity contribution in [1.29, 1.82) is 0 Å². The summed E-state index contributed by atoms with van der Waals surface area (Å²) in [6, 6.07) is 13.0. The third-order valence-corrected chi connectivity index (χ3v) is 4.57. The maximum absolute atomic E-state index is 12.4. The number of amides is 2. The molecule has 1 heterocycles. The Morgan fingerprint density at radius 1 is 1.23 bits per heavy atom. The first kappa shape index (κ1) is 17.9. The van der Waals surface area contributed by atoms with Gasteiger partial charge in [0.2, 0.25) is 0 Å². The molecule has 1 unspecified atom stereocenters. The highest BCUT2D eigenvalue weighted by Crippen LogP contribution is 2.18. The number of carbonyl (C=O) groups is 3. The van der Waals surface area contributed by atoms with Crippen LogP contribution < -0.4 is 15.5 Å². The first-order valence-electron chi connectivity index (χ1n) is 8.54. The van der Waals surface area contributed by atoms with Crippen LogP contribution in [0.15, 0.2) is 42.5 Å². The van der Waals surface area contributed by atoms with Crippen LogP contribution in [-0.4, -0.2) is 50.6 Å². The van der Waals surface area contributed by atoms with E-state index in [0.29, 0.717) is 18.8 Å². The Morgan fingerprint density at radius 3 is 2.77 bits per heavy atom. The van der Waals surface area contributed by atoms with Gasteiger partial charge in [0.25, 0.3) is 11.8 Å². The number of carbonyl (C=O) groups excluding carboxylic acids is 3. The van der Waals surface area contributed by atoms with E-state index in [1.807, 2.05) is 42.5 Å². The van der Waals surface area contributed by atoms with Crippen molar-refractivity contribution in [1.82, 2.24) is 5.32 Å². The van der Waals surface area contributed by atoms with Crippen LogP contribution in [0.4, 0.5) is 5.69 Å². The Bertz CT molecular complexity index is 836. The molecule has 26 heavy (non-hydrogen) atoms. The molecule has 0 saturated carbocycles. The smallest absolute Gasteiger partial charge is 0.312 e. The van der Waals surface area contributed by atoms with Gasteiger partial charge >= 0.3 is 5.97 Å². The molecule has 136 valence electrons. The number of esters is 1. The van der Waals surface area contributed by atoms with Gasteiger partial charge < -0.3 is 20.3 Å². The zero-order chi connectivity index (χ0) is 18.5. The fourth-order valence-corrected chi connectivity index (χ4v) is 3.21. The van der Waals surface area contributed by atoms with Crippen molar-refractivity contribution in [2.24, 2.45) is 0 Å². The van der Waals surface area contributed by atoms with Gasteiger partial charge in [-0.05, 0) is 22.9 Å². The molecule has 0 bridgehead atoms. The third-order valence-electron chi connectivity index (χ3n) is 4.57. The maximum Gasteiger partial charge on any atom is 0.312 e. The van der Waals surface area contributed by atoms with E-state index in [2.05, 4.69) is 15.4 Å². The molecule has 0 spiro atoms. The van der Waals surface area contributed by atoms with Crippen LogP contribution in [0.5, 0.6) is 0 Å². The number of methoxy groups -OCH3 is 1. The summed E-state index contributed by atoms with van der Waals surface area (Å²) >= 11 is 0. The van der Waals surface area contributed by atoms with Gasteiger partial charge in [-0.25, -0.2) is 0 Å². The molecule has 1 fully saturated rings. The lowest BCUT2D eigenvalue weighted by Gasteiger charge is -2.30.